The summed E-state index contributed by atoms with van der Waals surface area (Å²) in [5, 5.41) is 0. The Morgan fingerprint density at radius 1 is 1.00 bits per heavy atom. The first kappa shape index (κ1) is 26.2. The number of amides is 1. The Balaban J connectivity index is 0.00000342. The van der Waals surface area contributed by atoms with Crippen LogP contribution in [0.5, 0.6) is 0 Å². The number of anilines is 1. The summed E-state index contributed by atoms with van der Waals surface area (Å²) in [5.41, 5.74) is 5.86. The molecule has 0 bridgehead atoms. The molecule has 0 aliphatic rings. The van der Waals surface area contributed by atoms with Gasteiger partial charge in [-0.1, -0.05) is 42.5 Å². The molecule has 0 aliphatic carbocycles. The zero-order chi connectivity index (χ0) is 24.5. The minimum Gasteiger partial charge on any atom is -0.443 e. The van der Waals surface area contributed by atoms with Gasteiger partial charge in [-0.3, -0.25) is 9.88 Å². The normalized spacial score (nSPS) is 11.3. The van der Waals surface area contributed by atoms with E-state index in [1.54, 1.807) is 23.2 Å². The van der Waals surface area contributed by atoms with Crippen molar-refractivity contribution in [2.45, 2.75) is 53.3 Å². The Kier molecular flexibility index (Phi) is 7.86. The van der Waals surface area contributed by atoms with E-state index in [0.717, 1.165) is 33.4 Å². The molecule has 0 N–H and O–H groups in total. The van der Waals surface area contributed by atoms with E-state index >= 15 is 0 Å². The summed E-state index contributed by atoms with van der Waals surface area (Å²) in [6.45, 7) is 10.5. The molecular formula is C28H31ClFN3O2. The first-order valence-electron chi connectivity index (χ1n) is 11.4. The van der Waals surface area contributed by atoms with Crippen LogP contribution in [0.25, 0.3) is 11.0 Å². The first-order chi connectivity index (χ1) is 16.1. The van der Waals surface area contributed by atoms with Gasteiger partial charge in [0, 0.05) is 18.4 Å². The van der Waals surface area contributed by atoms with Gasteiger partial charge in [0.15, 0.2) is 0 Å². The lowest BCUT2D eigenvalue weighted by atomic mass is 10.1. The Morgan fingerprint density at radius 2 is 1.66 bits per heavy atom. The van der Waals surface area contributed by atoms with Gasteiger partial charge in [0.2, 0.25) is 0 Å². The number of pyridine rings is 1. The second-order valence-electron chi connectivity index (χ2n) is 9.50. The van der Waals surface area contributed by atoms with Gasteiger partial charge in [-0.25, -0.2) is 9.18 Å². The van der Waals surface area contributed by atoms with Crippen molar-refractivity contribution in [1.29, 1.82) is 0 Å². The number of fused-ring (bicyclic) bond motifs is 1. The molecule has 0 spiro atoms. The first-order valence-corrected chi connectivity index (χ1v) is 11.4. The third-order valence-electron chi connectivity index (χ3n) is 5.82. The molecule has 0 saturated carbocycles. The number of carbonyl (C=O) groups is 1. The molecule has 0 atom stereocenters. The number of benzene rings is 2. The highest BCUT2D eigenvalue weighted by Gasteiger charge is 2.27. The van der Waals surface area contributed by atoms with E-state index in [0.29, 0.717) is 12.2 Å². The Bertz CT molecular complexity index is 1310. The lowest BCUT2D eigenvalue weighted by Gasteiger charge is -2.28. The summed E-state index contributed by atoms with van der Waals surface area (Å²) >= 11 is 0. The maximum Gasteiger partial charge on any atom is 0.415 e. The highest BCUT2D eigenvalue weighted by atomic mass is 35.5. The molecule has 0 fully saturated rings. The summed E-state index contributed by atoms with van der Waals surface area (Å²) in [5.74, 6) is -0.318. The predicted octanol–water partition coefficient (Wildman–Crippen LogP) is 7.20. The Morgan fingerprint density at radius 3 is 2.29 bits per heavy atom. The van der Waals surface area contributed by atoms with E-state index in [1.165, 1.54) is 12.1 Å². The van der Waals surface area contributed by atoms with Crippen molar-refractivity contribution >= 4 is 35.2 Å². The van der Waals surface area contributed by atoms with Crippen LogP contribution in [-0.2, 0) is 17.8 Å². The number of halogens is 2. The molecule has 0 unspecified atom stereocenters. The van der Waals surface area contributed by atoms with Crippen LogP contribution in [0.1, 0.15) is 43.2 Å². The molecule has 2 heterocycles. The highest BCUT2D eigenvalue weighted by Crippen LogP contribution is 2.34. The molecule has 0 radical (unpaired) electrons. The minimum absolute atomic E-state index is 0. The molecular weight excluding hydrogens is 465 g/mol. The zero-order valence-electron chi connectivity index (χ0n) is 20.7. The van der Waals surface area contributed by atoms with Crippen molar-refractivity contribution in [3.05, 3.63) is 95.1 Å². The van der Waals surface area contributed by atoms with Gasteiger partial charge >= 0.3 is 6.09 Å². The van der Waals surface area contributed by atoms with Crippen LogP contribution in [0.3, 0.4) is 0 Å². The molecule has 0 saturated heterocycles. The predicted molar refractivity (Wildman–Crippen MR) is 141 cm³/mol. The molecule has 4 aromatic rings. The smallest absolute Gasteiger partial charge is 0.415 e. The lowest BCUT2D eigenvalue weighted by molar-refractivity contribution is 0.0578. The van der Waals surface area contributed by atoms with Crippen LogP contribution in [0.4, 0.5) is 14.9 Å². The molecule has 7 heteroatoms. The number of hydrogen-bond donors (Lipinski definition) is 0. The standard InChI is InChI=1S/C28H30FN3O2.ClH/c1-19-20(2)31(17-21-9-7-6-8-10-21)26-24(15-16-30-25(19)26)32(27(33)34-28(3,4)5)18-22-11-13-23(29)14-12-22;/h6-16H,17-18H2,1-5H3;1H. The largest absolute Gasteiger partial charge is 0.443 e. The molecule has 2 aromatic carbocycles. The van der Waals surface area contributed by atoms with Gasteiger partial charge in [0.25, 0.3) is 0 Å². The lowest BCUT2D eigenvalue weighted by Crippen LogP contribution is -2.36. The summed E-state index contributed by atoms with van der Waals surface area (Å²) in [6, 6.07) is 18.2. The average Bonchev–Trinajstić information content (AvgIpc) is 3.03. The molecule has 35 heavy (non-hydrogen) atoms. The fourth-order valence-corrected chi connectivity index (χ4v) is 4.04. The molecule has 1 amide bonds. The number of nitrogens with zero attached hydrogens (tertiary/aromatic N) is 3. The minimum atomic E-state index is -0.665. The Labute approximate surface area is 212 Å². The monoisotopic (exact) mass is 495 g/mol. The van der Waals surface area contributed by atoms with Gasteiger partial charge in [0.05, 0.1) is 23.3 Å². The average molecular weight is 496 g/mol. The fourth-order valence-electron chi connectivity index (χ4n) is 4.04. The maximum absolute atomic E-state index is 13.5. The highest BCUT2D eigenvalue weighted by molar-refractivity contribution is 6.00. The maximum atomic E-state index is 13.5. The fraction of sp³-hybridized carbons (Fsp3) is 0.286. The quantitative estimate of drug-likeness (QED) is 0.294. The van der Waals surface area contributed by atoms with Crippen LogP contribution in [0.15, 0.2) is 66.9 Å². The van der Waals surface area contributed by atoms with Gasteiger partial charge < -0.3 is 9.30 Å². The van der Waals surface area contributed by atoms with Gasteiger partial charge in [0.1, 0.15) is 11.4 Å². The van der Waals surface area contributed by atoms with E-state index < -0.39 is 11.7 Å². The van der Waals surface area contributed by atoms with E-state index in [1.807, 2.05) is 52.0 Å². The number of aromatic nitrogens is 2. The van der Waals surface area contributed by atoms with E-state index in [4.69, 9.17) is 4.74 Å². The van der Waals surface area contributed by atoms with E-state index in [9.17, 15) is 9.18 Å². The second-order valence-corrected chi connectivity index (χ2v) is 9.50. The van der Waals surface area contributed by atoms with Crippen LogP contribution < -0.4 is 4.90 Å². The summed E-state index contributed by atoms with van der Waals surface area (Å²) in [6.07, 6.45) is 1.26. The zero-order valence-corrected chi connectivity index (χ0v) is 21.5. The van der Waals surface area contributed by atoms with E-state index in [2.05, 4.69) is 28.6 Å². The number of hydrogen-bond acceptors (Lipinski definition) is 3. The topological polar surface area (TPSA) is 47.4 Å². The van der Waals surface area contributed by atoms with Crippen LogP contribution in [0.2, 0.25) is 0 Å². The number of rotatable bonds is 5. The van der Waals surface area contributed by atoms with Crippen molar-refractivity contribution in [3.8, 4) is 0 Å². The molecule has 5 nitrogen and oxygen atoms in total. The van der Waals surface area contributed by atoms with Crippen molar-refractivity contribution in [3.63, 3.8) is 0 Å². The summed E-state index contributed by atoms with van der Waals surface area (Å²) < 4.78 is 21.5. The number of aryl methyl sites for hydroxylation is 1. The summed E-state index contributed by atoms with van der Waals surface area (Å²) in [7, 11) is 0. The molecule has 0 aliphatic heterocycles. The van der Waals surface area contributed by atoms with Crippen molar-refractivity contribution < 1.29 is 13.9 Å². The molecule has 2 aromatic heterocycles. The summed E-state index contributed by atoms with van der Waals surface area (Å²) in [4.78, 5) is 19.7. The van der Waals surface area contributed by atoms with Gasteiger partial charge in [-0.05, 0) is 69.5 Å². The SMILES string of the molecule is Cc1c(C)n(Cc2ccccc2)c2c(N(Cc3ccc(F)cc3)C(=O)OC(C)(C)C)ccnc12.Cl. The second kappa shape index (κ2) is 10.5. The van der Waals surface area contributed by atoms with Crippen LogP contribution in [-0.4, -0.2) is 21.2 Å². The third kappa shape index (κ3) is 5.82. The van der Waals surface area contributed by atoms with Crippen LogP contribution in [0, 0.1) is 19.7 Å². The van der Waals surface area contributed by atoms with Crippen molar-refractivity contribution in [1.82, 2.24) is 9.55 Å². The van der Waals surface area contributed by atoms with Crippen molar-refractivity contribution in [2.75, 3.05) is 4.90 Å². The molecule has 4 rings (SSSR count). The van der Waals surface area contributed by atoms with Crippen LogP contribution >= 0.6 is 12.4 Å². The number of carbonyl (C=O) groups excluding carboxylic acids is 1. The van der Waals surface area contributed by atoms with Gasteiger partial charge in [-0.15, -0.1) is 12.4 Å². The van der Waals surface area contributed by atoms with Crippen molar-refractivity contribution in [2.24, 2.45) is 0 Å². The van der Waals surface area contributed by atoms with Gasteiger partial charge in [-0.2, -0.15) is 0 Å². The number of ether oxygens (including phenoxy) is 1. The van der Waals surface area contributed by atoms with E-state index in [-0.39, 0.29) is 24.8 Å². The Hall–Kier alpha value is -3.38. The third-order valence-corrected chi connectivity index (χ3v) is 5.82. The molecule has 184 valence electrons.